The number of pyridine rings is 1. The molecule has 0 unspecified atom stereocenters. The number of aromatic nitrogens is 2. The maximum Gasteiger partial charge on any atom is 0.256 e. The van der Waals surface area contributed by atoms with Crippen molar-refractivity contribution in [3.8, 4) is 0 Å². The predicted molar refractivity (Wildman–Crippen MR) is 122 cm³/mol. The molecule has 2 aromatic heterocycles. The van der Waals surface area contributed by atoms with Crippen LogP contribution in [0.5, 0.6) is 0 Å². The summed E-state index contributed by atoms with van der Waals surface area (Å²) in [5.41, 5.74) is 3.72. The van der Waals surface area contributed by atoms with Crippen LogP contribution in [-0.4, -0.2) is 39.9 Å². The summed E-state index contributed by atoms with van der Waals surface area (Å²) in [6, 6.07) is 21.6. The molecule has 0 saturated heterocycles. The van der Waals surface area contributed by atoms with Gasteiger partial charge in [0.15, 0.2) is 0 Å². The van der Waals surface area contributed by atoms with Crippen LogP contribution in [0.15, 0.2) is 79.1 Å². The summed E-state index contributed by atoms with van der Waals surface area (Å²) < 4.78 is 2.07. The molecule has 0 spiro atoms. The number of amides is 2. The molecule has 0 saturated carbocycles. The maximum atomic E-state index is 13.2. The van der Waals surface area contributed by atoms with Crippen molar-refractivity contribution >= 4 is 28.5 Å². The quantitative estimate of drug-likeness (QED) is 0.518. The van der Waals surface area contributed by atoms with E-state index in [9.17, 15) is 9.59 Å². The number of nitrogens with zero attached hydrogens (tertiary/aromatic N) is 3. The number of rotatable bonds is 6. The van der Waals surface area contributed by atoms with E-state index in [2.05, 4.69) is 27.0 Å². The van der Waals surface area contributed by atoms with Gasteiger partial charge in [-0.25, -0.2) is 4.98 Å². The standard InChI is InChI=1S/C25H24N4O2/c1-18-12-13-26-23(14-18)27-24(30)17-28(2)25(31)21-16-29(15-19-8-4-3-5-9-19)22-11-7-6-10-20(21)22/h3-14,16H,15,17H2,1-2H3,(H,26,27,30). The van der Waals surface area contributed by atoms with Crippen molar-refractivity contribution in [1.82, 2.24) is 14.5 Å². The van der Waals surface area contributed by atoms with E-state index < -0.39 is 0 Å². The predicted octanol–water partition coefficient (Wildman–Crippen LogP) is 4.10. The molecule has 4 aromatic rings. The van der Waals surface area contributed by atoms with Gasteiger partial charge in [0, 0.05) is 36.9 Å². The summed E-state index contributed by atoms with van der Waals surface area (Å²) in [5.74, 6) is -0.0114. The summed E-state index contributed by atoms with van der Waals surface area (Å²) >= 11 is 0. The minimum Gasteiger partial charge on any atom is -0.342 e. The molecule has 0 aliphatic carbocycles. The zero-order valence-corrected chi connectivity index (χ0v) is 17.6. The van der Waals surface area contributed by atoms with Gasteiger partial charge in [-0.3, -0.25) is 9.59 Å². The number of carbonyl (C=O) groups excluding carboxylic acids is 2. The van der Waals surface area contributed by atoms with Gasteiger partial charge in [-0.2, -0.15) is 0 Å². The molecule has 0 fully saturated rings. The van der Waals surface area contributed by atoms with E-state index in [1.165, 1.54) is 4.90 Å². The minimum atomic E-state index is -0.290. The van der Waals surface area contributed by atoms with Gasteiger partial charge in [-0.15, -0.1) is 0 Å². The highest BCUT2D eigenvalue weighted by atomic mass is 16.2. The molecule has 1 N–H and O–H groups in total. The molecule has 0 atom stereocenters. The molecule has 4 rings (SSSR count). The molecular formula is C25H24N4O2. The van der Waals surface area contributed by atoms with Crippen LogP contribution in [0.2, 0.25) is 0 Å². The highest BCUT2D eigenvalue weighted by Gasteiger charge is 2.20. The Morgan fingerprint density at radius 3 is 2.55 bits per heavy atom. The molecule has 0 aliphatic rings. The minimum absolute atomic E-state index is 0.0628. The second-order valence-electron chi connectivity index (χ2n) is 7.60. The lowest BCUT2D eigenvalue weighted by atomic mass is 10.1. The number of hydrogen-bond acceptors (Lipinski definition) is 3. The Bertz CT molecular complexity index is 1230. The van der Waals surface area contributed by atoms with E-state index in [0.29, 0.717) is 17.9 Å². The zero-order chi connectivity index (χ0) is 21.8. The van der Waals surface area contributed by atoms with Gasteiger partial charge in [0.05, 0.1) is 12.1 Å². The Morgan fingerprint density at radius 2 is 1.77 bits per heavy atom. The fourth-order valence-corrected chi connectivity index (χ4v) is 3.61. The number of fused-ring (bicyclic) bond motifs is 1. The number of nitrogens with one attached hydrogen (secondary N) is 1. The van der Waals surface area contributed by atoms with Crippen molar-refractivity contribution in [3.63, 3.8) is 0 Å². The lowest BCUT2D eigenvalue weighted by molar-refractivity contribution is -0.116. The lowest BCUT2D eigenvalue weighted by Gasteiger charge is -2.16. The van der Waals surface area contributed by atoms with E-state index in [1.807, 2.05) is 61.7 Å². The van der Waals surface area contributed by atoms with E-state index in [-0.39, 0.29) is 18.4 Å². The fraction of sp³-hybridized carbons (Fsp3) is 0.160. The number of hydrogen-bond donors (Lipinski definition) is 1. The number of anilines is 1. The first kappa shape index (κ1) is 20.3. The smallest absolute Gasteiger partial charge is 0.256 e. The molecule has 2 heterocycles. The molecule has 2 aromatic carbocycles. The van der Waals surface area contributed by atoms with E-state index in [0.717, 1.165) is 22.0 Å². The second kappa shape index (κ2) is 8.83. The van der Waals surface area contributed by atoms with E-state index >= 15 is 0 Å². The first-order valence-electron chi connectivity index (χ1n) is 10.1. The van der Waals surface area contributed by atoms with Crippen molar-refractivity contribution in [1.29, 1.82) is 0 Å². The molecule has 6 nitrogen and oxygen atoms in total. The molecule has 156 valence electrons. The topological polar surface area (TPSA) is 67.2 Å². The van der Waals surface area contributed by atoms with Gasteiger partial charge in [0.25, 0.3) is 5.91 Å². The summed E-state index contributed by atoms with van der Waals surface area (Å²) in [6.45, 7) is 2.53. The lowest BCUT2D eigenvalue weighted by Crippen LogP contribution is -2.35. The summed E-state index contributed by atoms with van der Waals surface area (Å²) in [6.07, 6.45) is 3.51. The van der Waals surface area contributed by atoms with Crippen molar-refractivity contribution in [2.75, 3.05) is 18.9 Å². The van der Waals surface area contributed by atoms with Crippen LogP contribution in [0.3, 0.4) is 0 Å². The Hall–Kier alpha value is -3.93. The largest absolute Gasteiger partial charge is 0.342 e. The SMILES string of the molecule is Cc1ccnc(NC(=O)CN(C)C(=O)c2cn(Cc3ccccc3)c3ccccc23)c1. The number of benzene rings is 2. The molecular weight excluding hydrogens is 388 g/mol. The van der Waals surface area contributed by atoms with Crippen LogP contribution in [0.1, 0.15) is 21.5 Å². The Kier molecular flexibility index (Phi) is 5.80. The Morgan fingerprint density at radius 1 is 1.03 bits per heavy atom. The van der Waals surface area contributed by atoms with Gasteiger partial charge in [-0.05, 0) is 36.2 Å². The van der Waals surface area contributed by atoms with Crippen LogP contribution in [0, 0.1) is 6.92 Å². The number of carbonyl (C=O) groups is 2. The third-order valence-corrected chi connectivity index (χ3v) is 5.13. The highest BCUT2D eigenvalue weighted by molar-refractivity contribution is 6.08. The number of para-hydroxylation sites is 1. The number of aryl methyl sites for hydroxylation is 1. The van der Waals surface area contributed by atoms with Crippen LogP contribution < -0.4 is 5.32 Å². The van der Waals surface area contributed by atoms with E-state index in [1.54, 1.807) is 19.3 Å². The summed E-state index contributed by atoms with van der Waals surface area (Å²) in [4.78, 5) is 31.2. The van der Waals surface area contributed by atoms with Crippen LogP contribution in [0.4, 0.5) is 5.82 Å². The van der Waals surface area contributed by atoms with E-state index in [4.69, 9.17) is 0 Å². The second-order valence-corrected chi connectivity index (χ2v) is 7.60. The zero-order valence-electron chi connectivity index (χ0n) is 17.6. The molecule has 2 amide bonds. The van der Waals surface area contributed by atoms with Crippen molar-refractivity contribution in [2.45, 2.75) is 13.5 Å². The summed E-state index contributed by atoms with van der Waals surface area (Å²) in [5, 5.41) is 3.62. The van der Waals surface area contributed by atoms with Crippen molar-refractivity contribution in [3.05, 3.63) is 95.8 Å². The van der Waals surface area contributed by atoms with Crippen molar-refractivity contribution < 1.29 is 9.59 Å². The Labute approximate surface area is 181 Å². The maximum absolute atomic E-state index is 13.2. The monoisotopic (exact) mass is 412 g/mol. The summed E-state index contributed by atoms with van der Waals surface area (Å²) in [7, 11) is 1.63. The number of likely N-dealkylation sites (N-methyl/N-ethyl adjacent to an activating group) is 1. The first-order chi connectivity index (χ1) is 15.0. The average molecular weight is 412 g/mol. The van der Waals surface area contributed by atoms with Crippen molar-refractivity contribution in [2.24, 2.45) is 0 Å². The molecule has 31 heavy (non-hydrogen) atoms. The van der Waals surface area contributed by atoms with Crippen LogP contribution >= 0.6 is 0 Å². The highest BCUT2D eigenvalue weighted by Crippen LogP contribution is 2.23. The molecule has 6 heteroatoms. The first-order valence-corrected chi connectivity index (χ1v) is 10.1. The molecule has 0 aliphatic heterocycles. The third-order valence-electron chi connectivity index (χ3n) is 5.13. The third kappa shape index (κ3) is 4.64. The van der Waals surface area contributed by atoms with Gasteiger partial charge >= 0.3 is 0 Å². The van der Waals surface area contributed by atoms with Gasteiger partial charge in [0.2, 0.25) is 5.91 Å². The van der Waals surface area contributed by atoms with Gasteiger partial charge in [-0.1, -0.05) is 48.5 Å². The normalized spacial score (nSPS) is 10.8. The van der Waals surface area contributed by atoms with Crippen LogP contribution in [-0.2, 0) is 11.3 Å². The molecule has 0 radical (unpaired) electrons. The van der Waals surface area contributed by atoms with Crippen LogP contribution in [0.25, 0.3) is 10.9 Å². The fourth-order valence-electron chi connectivity index (χ4n) is 3.61. The average Bonchev–Trinajstić information content (AvgIpc) is 3.12. The Balaban J connectivity index is 1.53. The molecule has 0 bridgehead atoms. The van der Waals surface area contributed by atoms with Gasteiger partial charge < -0.3 is 14.8 Å². The van der Waals surface area contributed by atoms with Gasteiger partial charge in [0.1, 0.15) is 5.82 Å².